The van der Waals surface area contributed by atoms with Crippen LogP contribution in [0.4, 0.5) is 5.69 Å². The van der Waals surface area contributed by atoms with Crippen LogP contribution in [-0.2, 0) is 5.54 Å². The van der Waals surface area contributed by atoms with Crippen molar-refractivity contribution in [3.05, 3.63) is 94.8 Å². The summed E-state index contributed by atoms with van der Waals surface area (Å²) in [6.07, 6.45) is 3.59. The van der Waals surface area contributed by atoms with Gasteiger partial charge >= 0.3 is 0 Å². The molecule has 0 atom stereocenters. The molecule has 1 amide bonds. The van der Waals surface area contributed by atoms with Crippen LogP contribution in [0.5, 0.6) is 5.75 Å². The van der Waals surface area contributed by atoms with Gasteiger partial charge in [-0.15, -0.1) is 0 Å². The minimum atomic E-state index is -0.298. The first kappa shape index (κ1) is 21.1. The molecule has 6 rings (SSSR count). The van der Waals surface area contributed by atoms with Gasteiger partial charge in [-0.1, -0.05) is 29.4 Å². The van der Waals surface area contributed by atoms with Gasteiger partial charge in [-0.2, -0.15) is 0 Å². The minimum Gasteiger partial charge on any atom is -0.487 e. The van der Waals surface area contributed by atoms with Crippen molar-refractivity contribution >= 4 is 22.5 Å². The van der Waals surface area contributed by atoms with Crippen LogP contribution in [0.2, 0.25) is 0 Å². The zero-order chi connectivity index (χ0) is 23.8. The fourth-order valence-corrected chi connectivity index (χ4v) is 5.17. The van der Waals surface area contributed by atoms with Crippen molar-refractivity contribution in [2.45, 2.75) is 18.4 Å². The third-order valence-electron chi connectivity index (χ3n) is 6.91. The second-order valence-electron chi connectivity index (χ2n) is 8.84. The number of azide groups is 1. The lowest BCUT2D eigenvalue weighted by atomic mass is 9.82. The first-order chi connectivity index (χ1) is 17.2. The molecule has 2 aromatic carbocycles. The van der Waals surface area contributed by atoms with Gasteiger partial charge in [0.15, 0.2) is 6.73 Å². The first-order valence-electron chi connectivity index (χ1n) is 11.6. The molecule has 0 aliphatic carbocycles. The van der Waals surface area contributed by atoms with Crippen molar-refractivity contribution in [3.8, 4) is 11.4 Å². The fraction of sp³-hybridized carbons (Fsp3) is 0.231. The molecule has 2 aromatic heterocycles. The molecule has 2 aliphatic rings. The third kappa shape index (κ3) is 3.62. The van der Waals surface area contributed by atoms with Gasteiger partial charge in [-0.05, 0) is 54.8 Å². The van der Waals surface area contributed by atoms with Gasteiger partial charge in [0.2, 0.25) is 0 Å². The monoisotopic (exact) mass is 465 g/mol. The largest absolute Gasteiger partial charge is 0.487 e. The molecule has 9 heteroatoms. The summed E-state index contributed by atoms with van der Waals surface area (Å²) >= 11 is 0. The summed E-state index contributed by atoms with van der Waals surface area (Å²) in [6, 6.07) is 21.6. The summed E-state index contributed by atoms with van der Waals surface area (Å²) in [5.41, 5.74) is 12.7. The lowest BCUT2D eigenvalue weighted by Crippen LogP contribution is -2.51. The summed E-state index contributed by atoms with van der Waals surface area (Å²) in [5.74, 6) is 0.593. The van der Waals surface area contributed by atoms with E-state index in [-0.39, 0.29) is 18.2 Å². The predicted octanol–water partition coefficient (Wildman–Crippen LogP) is 5.23. The van der Waals surface area contributed by atoms with Crippen LogP contribution in [0.25, 0.3) is 27.0 Å². The maximum atomic E-state index is 13.3. The Morgan fingerprint density at radius 3 is 2.83 bits per heavy atom. The van der Waals surface area contributed by atoms with Crippen LogP contribution in [0.1, 0.15) is 29.0 Å². The molecular weight excluding hydrogens is 442 g/mol. The molecule has 0 saturated carbocycles. The SMILES string of the molecule is [N-]=[N+]=NCOc1ccc2c(c1)NC1(CCN(C(=O)c3ccc4ccccc4n3)CC1)c1cccn1-2. The topological polar surface area (TPSA) is 108 Å². The normalized spacial score (nSPS) is 15.6. The molecule has 2 aliphatic heterocycles. The second-order valence-corrected chi connectivity index (χ2v) is 8.84. The summed E-state index contributed by atoms with van der Waals surface area (Å²) in [5, 5.41) is 8.22. The highest BCUT2D eigenvalue weighted by Crippen LogP contribution is 2.44. The molecular formula is C26H23N7O2. The number of ether oxygens (including phenoxy) is 1. The number of benzene rings is 2. The molecule has 35 heavy (non-hydrogen) atoms. The zero-order valence-electron chi connectivity index (χ0n) is 19.0. The van der Waals surface area contributed by atoms with Crippen molar-refractivity contribution in [2.75, 3.05) is 25.1 Å². The number of piperidine rings is 1. The predicted molar refractivity (Wildman–Crippen MR) is 133 cm³/mol. The van der Waals surface area contributed by atoms with Crippen molar-refractivity contribution in [1.82, 2.24) is 14.5 Å². The number of nitrogens with one attached hydrogen (secondary N) is 1. The molecule has 9 nitrogen and oxygen atoms in total. The number of carbonyl (C=O) groups excluding carboxylic acids is 1. The molecule has 4 heterocycles. The van der Waals surface area contributed by atoms with Gasteiger partial charge in [0.25, 0.3) is 5.91 Å². The molecule has 0 unspecified atom stereocenters. The number of amides is 1. The average molecular weight is 466 g/mol. The van der Waals surface area contributed by atoms with Gasteiger partial charge in [0, 0.05) is 41.3 Å². The summed E-state index contributed by atoms with van der Waals surface area (Å²) < 4.78 is 7.76. The van der Waals surface area contributed by atoms with Crippen LogP contribution in [-0.4, -0.2) is 40.2 Å². The Bertz CT molecular complexity index is 1480. The van der Waals surface area contributed by atoms with Gasteiger partial charge in [-0.3, -0.25) is 4.79 Å². The molecule has 1 saturated heterocycles. The number of para-hydroxylation sites is 1. The Hall–Kier alpha value is -4.49. The number of pyridine rings is 1. The van der Waals surface area contributed by atoms with Gasteiger partial charge in [0.1, 0.15) is 11.4 Å². The van der Waals surface area contributed by atoms with Gasteiger partial charge in [-0.25, -0.2) is 4.98 Å². The van der Waals surface area contributed by atoms with E-state index < -0.39 is 0 Å². The Kier molecular flexibility index (Phi) is 5.04. The molecule has 174 valence electrons. The van der Waals surface area contributed by atoms with Crippen LogP contribution in [0.15, 0.2) is 78.0 Å². The van der Waals surface area contributed by atoms with Crippen molar-refractivity contribution in [3.63, 3.8) is 0 Å². The maximum absolute atomic E-state index is 13.3. The third-order valence-corrected chi connectivity index (χ3v) is 6.91. The number of carbonyl (C=O) groups is 1. The number of fused-ring (bicyclic) bond motifs is 5. The number of likely N-dealkylation sites (tertiary alicyclic amines) is 1. The summed E-state index contributed by atoms with van der Waals surface area (Å²) in [7, 11) is 0. The van der Waals surface area contributed by atoms with Crippen molar-refractivity contribution in [2.24, 2.45) is 5.11 Å². The Balaban J connectivity index is 1.24. The number of hydrogen-bond donors (Lipinski definition) is 1. The maximum Gasteiger partial charge on any atom is 0.272 e. The van der Waals surface area contributed by atoms with E-state index in [1.54, 1.807) is 0 Å². The highest BCUT2D eigenvalue weighted by molar-refractivity contribution is 5.95. The van der Waals surface area contributed by atoms with Crippen LogP contribution in [0, 0.1) is 0 Å². The average Bonchev–Trinajstić information content (AvgIpc) is 3.40. The summed E-state index contributed by atoms with van der Waals surface area (Å²) in [6.45, 7) is 1.18. The van der Waals surface area contributed by atoms with E-state index in [4.69, 9.17) is 10.3 Å². The second kappa shape index (κ2) is 8.38. The van der Waals surface area contributed by atoms with Gasteiger partial charge < -0.3 is 19.5 Å². The van der Waals surface area contributed by atoms with E-state index in [0.29, 0.717) is 24.5 Å². The highest BCUT2D eigenvalue weighted by Gasteiger charge is 2.42. The molecule has 1 N–H and O–H groups in total. The minimum absolute atomic E-state index is 0.0362. The Morgan fingerprint density at radius 1 is 1.11 bits per heavy atom. The van der Waals surface area contributed by atoms with E-state index in [0.717, 1.165) is 35.1 Å². The van der Waals surface area contributed by atoms with Crippen LogP contribution < -0.4 is 10.1 Å². The Labute approximate surface area is 201 Å². The fourth-order valence-electron chi connectivity index (χ4n) is 5.17. The van der Waals surface area contributed by atoms with Crippen molar-refractivity contribution < 1.29 is 9.53 Å². The molecule has 4 aromatic rings. The van der Waals surface area contributed by atoms with E-state index >= 15 is 0 Å². The zero-order valence-corrected chi connectivity index (χ0v) is 19.0. The highest BCUT2D eigenvalue weighted by atomic mass is 16.5. The van der Waals surface area contributed by atoms with E-state index in [9.17, 15) is 4.79 Å². The standard InChI is InChI=1S/C26H23N7O2/c27-31-28-17-35-19-8-10-23-22(16-19)30-26(24-6-3-13-33(23)24)11-14-32(15-12-26)25(34)21-9-7-18-4-1-2-5-20(18)29-21/h1-10,13,16,30H,11-12,14-15,17H2. The Morgan fingerprint density at radius 2 is 1.97 bits per heavy atom. The number of anilines is 1. The smallest absolute Gasteiger partial charge is 0.272 e. The van der Waals surface area contributed by atoms with E-state index in [2.05, 4.69) is 43.2 Å². The quantitative estimate of drug-likeness (QED) is 0.253. The lowest BCUT2D eigenvalue weighted by molar-refractivity contribution is 0.0671. The van der Waals surface area contributed by atoms with E-state index in [1.807, 2.05) is 59.5 Å². The number of rotatable bonds is 4. The first-order valence-corrected chi connectivity index (χ1v) is 11.6. The number of aromatic nitrogens is 2. The van der Waals surface area contributed by atoms with Crippen LogP contribution in [0.3, 0.4) is 0 Å². The number of nitrogens with zero attached hydrogens (tertiary/aromatic N) is 6. The molecule has 1 fully saturated rings. The van der Waals surface area contributed by atoms with E-state index in [1.165, 1.54) is 5.69 Å². The molecule has 0 bridgehead atoms. The van der Waals surface area contributed by atoms with Crippen LogP contribution >= 0.6 is 0 Å². The lowest BCUT2D eigenvalue weighted by Gasteiger charge is -2.46. The number of hydrogen-bond acceptors (Lipinski definition) is 5. The molecule has 1 spiro atoms. The van der Waals surface area contributed by atoms with Gasteiger partial charge in [0.05, 0.1) is 22.4 Å². The summed E-state index contributed by atoms with van der Waals surface area (Å²) in [4.78, 5) is 22.5. The van der Waals surface area contributed by atoms with Crippen molar-refractivity contribution in [1.29, 1.82) is 0 Å². The molecule has 0 radical (unpaired) electrons.